The maximum Gasteiger partial charge on any atom is 0.303 e. The number of halogens is 1. The van der Waals surface area contributed by atoms with Gasteiger partial charge in [0, 0.05) is 6.42 Å². The number of unbranched alkanes of at least 4 members (excludes halogenated alkanes) is 3. The zero-order valence-electron chi connectivity index (χ0n) is 9.29. The van der Waals surface area contributed by atoms with Crippen molar-refractivity contribution in [1.29, 1.82) is 0 Å². The summed E-state index contributed by atoms with van der Waals surface area (Å²) in [6, 6.07) is 0. The lowest BCUT2D eigenvalue weighted by atomic mass is 9.95. The second-order valence-electron chi connectivity index (χ2n) is 3.72. The van der Waals surface area contributed by atoms with Crippen LogP contribution in [0.2, 0.25) is 0 Å². The van der Waals surface area contributed by atoms with Crippen molar-refractivity contribution in [3.05, 3.63) is 0 Å². The highest BCUT2D eigenvalue weighted by molar-refractivity contribution is 5.85. The van der Waals surface area contributed by atoms with Crippen LogP contribution in [0.15, 0.2) is 0 Å². The fourth-order valence-corrected chi connectivity index (χ4v) is 1.56. The Labute approximate surface area is 93.5 Å². The van der Waals surface area contributed by atoms with Crippen LogP contribution in [-0.4, -0.2) is 11.1 Å². The molecule has 0 amide bonds. The van der Waals surface area contributed by atoms with Crippen molar-refractivity contribution < 1.29 is 9.90 Å². The van der Waals surface area contributed by atoms with Gasteiger partial charge >= 0.3 is 5.97 Å². The molecule has 0 rings (SSSR count). The largest absolute Gasteiger partial charge is 0.481 e. The highest BCUT2D eigenvalue weighted by Crippen LogP contribution is 2.17. The van der Waals surface area contributed by atoms with Crippen molar-refractivity contribution in [2.24, 2.45) is 5.92 Å². The van der Waals surface area contributed by atoms with Crippen molar-refractivity contribution in [3.8, 4) is 0 Å². The molecule has 0 bridgehead atoms. The second kappa shape index (κ2) is 10.8. The monoisotopic (exact) mass is 222 g/mol. The van der Waals surface area contributed by atoms with Gasteiger partial charge in [-0.3, -0.25) is 4.79 Å². The topological polar surface area (TPSA) is 37.3 Å². The molecule has 0 heterocycles. The molecule has 86 valence electrons. The Balaban J connectivity index is 0. The molecule has 1 atom stereocenters. The van der Waals surface area contributed by atoms with Crippen LogP contribution in [0.25, 0.3) is 0 Å². The van der Waals surface area contributed by atoms with E-state index in [4.69, 9.17) is 5.11 Å². The number of rotatable bonds is 8. The Hall–Kier alpha value is -0.240. The number of aliphatic carboxylic acids is 1. The molecule has 0 spiro atoms. The van der Waals surface area contributed by atoms with Gasteiger partial charge in [-0.25, -0.2) is 0 Å². The average molecular weight is 223 g/mol. The molecule has 0 aliphatic carbocycles. The molecule has 0 aromatic heterocycles. The summed E-state index contributed by atoms with van der Waals surface area (Å²) in [6.45, 7) is 4.27. The van der Waals surface area contributed by atoms with E-state index in [9.17, 15) is 4.79 Å². The van der Waals surface area contributed by atoms with Gasteiger partial charge in [0.15, 0.2) is 0 Å². The molecule has 2 nitrogen and oxygen atoms in total. The van der Waals surface area contributed by atoms with Gasteiger partial charge in [0.25, 0.3) is 0 Å². The van der Waals surface area contributed by atoms with Gasteiger partial charge in [0.05, 0.1) is 0 Å². The number of carboxylic acids is 1. The highest BCUT2D eigenvalue weighted by Gasteiger charge is 2.09. The first kappa shape index (κ1) is 16.2. The predicted octanol–water partition coefficient (Wildman–Crippen LogP) is 3.88. The minimum Gasteiger partial charge on any atom is -0.481 e. The van der Waals surface area contributed by atoms with Crippen LogP contribution in [0.3, 0.4) is 0 Å². The summed E-state index contributed by atoms with van der Waals surface area (Å²) in [5.41, 5.74) is 0. The Morgan fingerprint density at radius 3 is 2.29 bits per heavy atom. The number of carboxylic acid groups (broad SMARTS) is 1. The van der Waals surface area contributed by atoms with E-state index in [-0.39, 0.29) is 12.4 Å². The average Bonchev–Trinajstić information content (AvgIpc) is 2.09. The lowest BCUT2D eigenvalue weighted by molar-refractivity contribution is -0.138. The summed E-state index contributed by atoms with van der Waals surface area (Å²) in [6.07, 6.45) is 7.41. The van der Waals surface area contributed by atoms with Gasteiger partial charge < -0.3 is 5.11 Å². The van der Waals surface area contributed by atoms with Crippen molar-refractivity contribution in [3.63, 3.8) is 0 Å². The van der Waals surface area contributed by atoms with Crippen LogP contribution >= 0.6 is 12.4 Å². The molecule has 0 fully saturated rings. The van der Waals surface area contributed by atoms with Crippen molar-refractivity contribution >= 4 is 18.4 Å². The van der Waals surface area contributed by atoms with Crippen molar-refractivity contribution in [2.45, 2.75) is 58.8 Å². The fourth-order valence-electron chi connectivity index (χ4n) is 1.56. The molecule has 0 saturated carbocycles. The van der Waals surface area contributed by atoms with Gasteiger partial charge in [-0.05, 0) is 12.3 Å². The predicted molar refractivity (Wildman–Crippen MR) is 62.0 cm³/mol. The van der Waals surface area contributed by atoms with E-state index in [1.54, 1.807) is 0 Å². The normalized spacial score (nSPS) is 11.9. The third-order valence-corrected chi connectivity index (χ3v) is 2.51. The summed E-state index contributed by atoms with van der Waals surface area (Å²) >= 11 is 0. The first-order chi connectivity index (χ1) is 6.20. The van der Waals surface area contributed by atoms with Gasteiger partial charge in [0.1, 0.15) is 0 Å². The van der Waals surface area contributed by atoms with E-state index in [0.29, 0.717) is 12.3 Å². The number of hydrogen-bond acceptors (Lipinski definition) is 1. The Kier molecular flexibility index (Phi) is 12.5. The molecular formula is C11H23ClO2. The van der Waals surface area contributed by atoms with Gasteiger partial charge in [-0.2, -0.15) is 0 Å². The van der Waals surface area contributed by atoms with Crippen LogP contribution in [-0.2, 0) is 4.79 Å². The molecule has 1 N–H and O–H groups in total. The Morgan fingerprint density at radius 2 is 1.86 bits per heavy atom. The number of hydrogen-bond donors (Lipinski definition) is 1. The molecule has 0 saturated heterocycles. The highest BCUT2D eigenvalue weighted by atomic mass is 35.5. The minimum atomic E-state index is -0.651. The van der Waals surface area contributed by atoms with Crippen LogP contribution in [0.4, 0.5) is 0 Å². The third-order valence-electron chi connectivity index (χ3n) is 2.51. The SMILES string of the molecule is CCCCCCC(CC)CC(=O)O.Cl. The lowest BCUT2D eigenvalue weighted by Gasteiger charge is -2.11. The molecule has 0 aromatic carbocycles. The molecule has 0 aliphatic rings. The summed E-state index contributed by atoms with van der Waals surface area (Å²) in [5, 5.41) is 8.62. The zero-order chi connectivity index (χ0) is 10.1. The summed E-state index contributed by atoms with van der Waals surface area (Å²) < 4.78 is 0. The molecule has 0 radical (unpaired) electrons. The molecule has 14 heavy (non-hydrogen) atoms. The van der Waals surface area contributed by atoms with E-state index >= 15 is 0 Å². The molecule has 0 aliphatic heterocycles. The van der Waals surface area contributed by atoms with E-state index in [1.807, 2.05) is 0 Å². The van der Waals surface area contributed by atoms with Gasteiger partial charge in [0.2, 0.25) is 0 Å². The van der Waals surface area contributed by atoms with Crippen LogP contribution < -0.4 is 0 Å². The molecule has 3 heteroatoms. The van der Waals surface area contributed by atoms with Gasteiger partial charge in [-0.15, -0.1) is 12.4 Å². The maximum absolute atomic E-state index is 10.5. The Morgan fingerprint density at radius 1 is 1.21 bits per heavy atom. The summed E-state index contributed by atoms with van der Waals surface area (Å²) in [5.74, 6) is -0.253. The maximum atomic E-state index is 10.5. The summed E-state index contributed by atoms with van der Waals surface area (Å²) in [4.78, 5) is 10.5. The lowest BCUT2D eigenvalue weighted by Crippen LogP contribution is -2.06. The first-order valence-corrected chi connectivity index (χ1v) is 5.42. The van der Waals surface area contributed by atoms with E-state index in [0.717, 1.165) is 12.8 Å². The van der Waals surface area contributed by atoms with Crippen LogP contribution in [0.1, 0.15) is 58.8 Å². The minimum absolute atomic E-state index is 0. The van der Waals surface area contributed by atoms with Crippen LogP contribution in [0, 0.1) is 5.92 Å². The number of carbonyl (C=O) groups is 1. The summed E-state index contributed by atoms with van der Waals surface area (Å²) in [7, 11) is 0. The molecule has 0 aromatic rings. The third kappa shape index (κ3) is 9.85. The zero-order valence-corrected chi connectivity index (χ0v) is 10.1. The second-order valence-corrected chi connectivity index (χ2v) is 3.72. The first-order valence-electron chi connectivity index (χ1n) is 5.42. The van der Waals surface area contributed by atoms with E-state index in [2.05, 4.69) is 13.8 Å². The quantitative estimate of drug-likeness (QED) is 0.633. The smallest absolute Gasteiger partial charge is 0.303 e. The molecule has 1 unspecified atom stereocenters. The van der Waals surface area contributed by atoms with Crippen molar-refractivity contribution in [1.82, 2.24) is 0 Å². The fraction of sp³-hybridized carbons (Fsp3) is 0.909. The Bertz CT molecular complexity index is 137. The van der Waals surface area contributed by atoms with Crippen LogP contribution in [0.5, 0.6) is 0 Å². The van der Waals surface area contributed by atoms with E-state index in [1.165, 1.54) is 25.7 Å². The van der Waals surface area contributed by atoms with Gasteiger partial charge in [-0.1, -0.05) is 46.0 Å². The van der Waals surface area contributed by atoms with E-state index < -0.39 is 5.97 Å². The standard InChI is InChI=1S/C11H22O2.ClH/c1-3-5-6-7-8-10(4-2)9-11(12)13;/h10H,3-9H2,1-2H3,(H,12,13);1H. The van der Waals surface area contributed by atoms with Crippen molar-refractivity contribution in [2.75, 3.05) is 0 Å². The molecular weight excluding hydrogens is 200 g/mol.